The molecule has 1 heterocycles. The largest absolute Gasteiger partial charge is 0.393 e. The van der Waals surface area contributed by atoms with Crippen molar-refractivity contribution >= 4 is 22.6 Å². The van der Waals surface area contributed by atoms with Gasteiger partial charge in [0.1, 0.15) is 0 Å². The summed E-state index contributed by atoms with van der Waals surface area (Å²) < 4.78 is 1.87. The van der Waals surface area contributed by atoms with E-state index in [9.17, 15) is 9.90 Å². The van der Waals surface area contributed by atoms with E-state index < -0.39 is 6.10 Å². The van der Waals surface area contributed by atoms with Crippen LogP contribution in [0.5, 0.6) is 0 Å². The van der Waals surface area contributed by atoms with E-state index in [1.54, 1.807) is 18.9 Å². The van der Waals surface area contributed by atoms with Crippen molar-refractivity contribution in [3.63, 3.8) is 0 Å². The molecule has 2 amide bonds. The summed E-state index contributed by atoms with van der Waals surface area (Å²) in [6.45, 7) is 2.21. The number of benzene rings is 2. The molecule has 1 aromatic heterocycles. The molecular formula is C19H22N4O2. The molecule has 130 valence electrons. The van der Waals surface area contributed by atoms with E-state index in [0.29, 0.717) is 18.7 Å². The molecule has 1 atom stereocenters. The zero-order valence-corrected chi connectivity index (χ0v) is 14.4. The first kappa shape index (κ1) is 17.0. The molecule has 0 aliphatic carbocycles. The fourth-order valence-electron chi connectivity index (χ4n) is 2.56. The predicted octanol–water partition coefficient (Wildman–Crippen LogP) is 3.26. The molecule has 0 saturated carbocycles. The summed E-state index contributed by atoms with van der Waals surface area (Å²) in [6, 6.07) is 15.4. The predicted molar refractivity (Wildman–Crippen MR) is 99.0 cm³/mol. The highest BCUT2D eigenvalue weighted by Crippen LogP contribution is 2.19. The highest BCUT2D eigenvalue weighted by atomic mass is 16.3. The Bertz CT molecular complexity index is 855. The highest BCUT2D eigenvalue weighted by Gasteiger charge is 2.10. The van der Waals surface area contributed by atoms with Crippen LogP contribution >= 0.6 is 0 Å². The lowest BCUT2D eigenvalue weighted by Crippen LogP contribution is -2.33. The number of aromatic nitrogens is 2. The van der Waals surface area contributed by atoms with Gasteiger partial charge in [0, 0.05) is 24.7 Å². The van der Waals surface area contributed by atoms with Crippen LogP contribution in [0.3, 0.4) is 0 Å². The summed E-state index contributed by atoms with van der Waals surface area (Å²) >= 11 is 0. The van der Waals surface area contributed by atoms with E-state index in [-0.39, 0.29) is 6.03 Å². The van der Waals surface area contributed by atoms with Crippen molar-refractivity contribution < 1.29 is 9.90 Å². The van der Waals surface area contributed by atoms with Crippen molar-refractivity contribution in [2.75, 3.05) is 18.9 Å². The second-order valence-electron chi connectivity index (χ2n) is 6.15. The highest BCUT2D eigenvalue weighted by molar-refractivity contribution is 5.89. The molecule has 6 heteroatoms. The Hall–Kier alpha value is -2.86. The third-order valence-electron chi connectivity index (χ3n) is 4.07. The molecule has 2 N–H and O–H groups in total. The minimum Gasteiger partial charge on any atom is -0.393 e. The number of hydrogen-bond donors (Lipinski definition) is 2. The molecule has 3 aromatic rings. The Balaban J connectivity index is 1.69. The minimum absolute atomic E-state index is 0.196. The molecule has 0 unspecified atom stereocenters. The molecule has 25 heavy (non-hydrogen) atoms. The van der Waals surface area contributed by atoms with Crippen LogP contribution in [0.1, 0.15) is 13.3 Å². The number of urea groups is 1. The van der Waals surface area contributed by atoms with Gasteiger partial charge in [0.25, 0.3) is 0 Å². The van der Waals surface area contributed by atoms with Crippen molar-refractivity contribution in [1.29, 1.82) is 0 Å². The summed E-state index contributed by atoms with van der Waals surface area (Å²) in [5.41, 5.74) is 2.69. The number of hydrogen-bond acceptors (Lipinski definition) is 3. The topological polar surface area (TPSA) is 70.4 Å². The van der Waals surface area contributed by atoms with E-state index >= 15 is 0 Å². The normalized spacial score (nSPS) is 12.1. The number of carbonyl (C=O) groups is 1. The quantitative estimate of drug-likeness (QED) is 0.750. The fraction of sp³-hybridized carbons (Fsp3) is 0.263. The monoisotopic (exact) mass is 338 g/mol. The van der Waals surface area contributed by atoms with Crippen molar-refractivity contribution in [2.45, 2.75) is 19.4 Å². The number of carbonyl (C=O) groups excluding carboxylic acids is 1. The lowest BCUT2D eigenvalue weighted by Gasteiger charge is -2.18. The van der Waals surface area contributed by atoms with Gasteiger partial charge in [-0.05, 0) is 43.7 Å². The Morgan fingerprint density at radius 1 is 1.24 bits per heavy atom. The van der Waals surface area contributed by atoms with Crippen molar-refractivity contribution in [3.8, 4) is 5.69 Å². The van der Waals surface area contributed by atoms with Gasteiger partial charge in [-0.15, -0.1) is 0 Å². The van der Waals surface area contributed by atoms with Crippen LogP contribution < -0.4 is 5.32 Å². The van der Waals surface area contributed by atoms with Gasteiger partial charge >= 0.3 is 6.03 Å². The lowest BCUT2D eigenvalue weighted by molar-refractivity contribution is 0.167. The number of aliphatic hydroxyl groups is 1. The van der Waals surface area contributed by atoms with Gasteiger partial charge < -0.3 is 15.3 Å². The minimum atomic E-state index is -0.418. The SMILES string of the molecule is C[C@@H](O)CCN(C)C(=O)Nc1ccc(-n2ncc3ccccc32)cc1. The standard InChI is InChI=1S/C19H22N4O2/c1-14(24)11-12-22(2)19(25)21-16-7-9-17(10-8-16)23-18-6-4-3-5-15(18)13-20-23/h3-10,13-14,24H,11-12H2,1-2H3,(H,21,25)/t14-/m1/s1. The molecule has 3 rings (SSSR count). The fourth-order valence-corrected chi connectivity index (χ4v) is 2.56. The van der Waals surface area contributed by atoms with Crippen LogP contribution in [-0.2, 0) is 0 Å². The van der Waals surface area contributed by atoms with Crippen LogP contribution in [0.15, 0.2) is 54.7 Å². The van der Waals surface area contributed by atoms with E-state index in [2.05, 4.69) is 10.4 Å². The number of rotatable bonds is 5. The number of nitrogens with one attached hydrogen (secondary N) is 1. The lowest BCUT2D eigenvalue weighted by atomic mass is 10.2. The molecule has 0 fully saturated rings. The van der Waals surface area contributed by atoms with Crippen molar-refractivity contribution in [3.05, 3.63) is 54.7 Å². The van der Waals surface area contributed by atoms with Crippen LogP contribution in [-0.4, -0.2) is 45.5 Å². The second kappa shape index (κ2) is 7.36. The molecule has 0 radical (unpaired) electrons. The first-order chi connectivity index (χ1) is 12.0. The molecule has 0 aliphatic rings. The van der Waals surface area contributed by atoms with E-state index in [1.807, 2.05) is 59.4 Å². The maximum atomic E-state index is 12.1. The zero-order valence-electron chi connectivity index (χ0n) is 14.4. The maximum absolute atomic E-state index is 12.1. The number of fused-ring (bicyclic) bond motifs is 1. The average Bonchev–Trinajstić information content (AvgIpc) is 3.04. The van der Waals surface area contributed by atoms with Gasteiger partial charge in [-0.2, -0.15) is 5.10 Å². The maximum Gasteiger partial charge on any atom is 0.321 e. The van der Waals surface area contributed by atoms with Crippen molar-refractivity contribution in [2.24, 2.45) is 0 Å². The van der Waals surface area contributed by atoms with Crippen molar-refractivity contribution in [1.82, 2.24) is 14.7 Å². The van der Waals surface area contributed by atoms with E-state index in [4.69, 9.17) is 0 Å². The van der Waals surface area contributed by atoms with E-state index in [0.717, 1.165) is 16.6 Å². The van der Waals surface area contributed by atoms with Gasteiger partial charge in [0.15, 0.2) is 0 Å². The molecule has 6 nitrogen and oxygen atoms in total. The number of amides is 2. The second-order valence-corrected chi connectivity index (χ2v) is 6.15. The van der Waals surface area contributed by atoms with Gasteiger partial charge in [0.05, 0.1) is 23.5 Å². The third-order valence-corrected chi connectivity index (χ3v) is 4.07. The summed E-state index contributed by atoms with van der Waals surface area (Å²) in [4.78, 5) is 13.7. The Morgan fingerprint density at radius 3 is 2.68 bits per heavy atom. The summed E-state index contributed by atoms with van der Waals surface area (Å²) in [5, 5.41) is 17.7. The van der Waals surface area contributed by atoms with Crippen LogP contribution in [0.25, 0.3) is 16.6 Å². The molecule has 0 aliphatic heterocycles. The summed E-state index contributed by atoms with van der Waals surface area (Å²) in [6.07, 6.45) is 1.97. The number of nitrogens with zero attached hydrogens (tertiary/aromatic N) is 3. The number of aliphatic hydroxyl groups excluding tert-OH is 1. The third kappa shape index (κ3) is 3.97. The van der Waals surface area contributed by atoms with Crippen LogP contribution in [0.4, 0.5) is 10.5 Å². The van der Waals surface area contributed by atoms with Crippen LogP contribution in [0, 0.1) is 0 Å². The van der Waals surface area contributed by atoms with Gasteiger partial charge in [-0.25, -0.2) is 9.48 Å². The smallest absolute Gasteiger partial charge is 0.321 e. The van der Waals surface area contributed by atoms with Gasteiger partial charge in [-0.3, -0.25) is 0 Å². The van der Waals surface area contributed by atoms with Crippen LogP contribution in [0.2, 0.25) is 0 Å². The summed E-state index contributed by atoms with van der Waals surface area (Å²) in [7, 11) is 1.71. The Morgan fingerprint density at radius 2 is 1.96 bits per heavy atom. The zero-order chi connectivity index (χ0) is 17.8. The van der Waals surface area contributed by atoms with Gasteiger partial charge in [0.2, 0.25) is 0 Å². The first-order valence-electron chi connectivity index (χ1n) is 8.28. The molecule has 0 saturated heterocycles. The first-order valence-corrected chi connectivity index (χ1v) is 8.28. The molecule has 0 spiro atoms. The van der Waals surface area contributed by atoms with E-state index in [1.165, 1.54) is 0 Å². The Kier molecular flexibility index (Phi) is 5.00. The number of anilines is 1. The van der Waals surface area contributed by atoms with Gasteiger partial charge in [-0.1, -0.05) is 18.2 Å². The molecule has 2 aromatic carbocycles. The molecular weight excluding hydrogens is 316 g/mol. The number of para-hydroxylation sites is 1. The Labute approximate surface area is 146 Å². The molecule has 0 bridgehead atoms. The summed E-state index contributed by atoms with van der Waals surface area (Å²) in [5.74, 6) is 0. The average molecular weight is 338 g/mol.